The molecule has 0 bridgehead atoms. The van der Waals surface area contributed by atoms with Crippen LogP contribution in [0.15, 0.2) is 18.2 Å². The average Bonchev–Trinajstić information content (AvgIpc) is 2.38. The zero-order valence-electron chi connectivity index (χ0n) is 12.4. The largest absolute Gasteiger partial charge is 0.364 e. The molecule has 0 aliphatic carbocycles. The second-order valence-corrected chi connectivity index (χ2v) is 6.29. The molecule has 1 N–H and O–H groups in total. The summed E-state index contributed by atoms with van der Waals surface area (Å²) >= 11 is 6.46. The van der Waals surface area contributed by atoms with Gasteiger partial charge in [-0.15, -0.1) is 0 Å². The summed E-state index contributed by atoms with van der Waals surface area (Å²) in [6, 6.07) is 7.27. The van der Waals surface area contributed by atoms with E-state index in [1.807, 2.05) is 12.1 Å². The fraction of sp³-hybridized carbons (Fsp3) is 0.625. The van der Waals surface area contributed by atoms with Crippen molar-refractivity contribution in [3.05, 3.63) is 28.8 Å². The molecule has 0 saturated carbocycles. The van der Waals surface area contributed by atoms with Crippen molar-refractivity contribution in [2.45, 2.75) is 46.2 Å². The van der Waals surface area contributed by atoms with Gasteiger partial charge in [-0.1, -0.05) is 44.5 Å². The minimum absolute atomic E-state index is 0.515. The molecular formula is C16H25ClN2. The number of halogens is 1. The van der Waals surface area contributed by atoms with Crippen molar-refractivity contribution in [1.82, 2.24) is 5.32 Å². The molecule has 1 aromatic carbocycles. The molecule has 19 heavy (non-hydrogen) atoms. The van der Waals surface area contributed by atoms with E-state index in [9.17, 15) is 0 Å². The summed E-state index contributed by atoms with van der Waals surface area (Å²) in [7, 11) is 0. The maximum Gasteiger partial charge on any atom is 0.0642 e. The van der Waals surface area contributed by atoms with Gasteiger partial charge < -0.3 is 10.2 Å². The van der Waals surface area contributed by atoms with Crippen LogP contribution in [0.3, 0.4) is 0 Å². The van der Waals surface area contributed by atoms with Gasteiger partial charge in [0.2, 0.25) is 0 Å². The van der Waals surface area contributed by atoms with Crippen LogP contribution in [0.1, 0.15) is 32.8 Å². The predicted octanol–water partition coefficient (Wildman–Crippen LogP) is 3.86. The van der Waals surface area contributed by atoms with Gasteiger partial charge >= 0.3 is 0 Å². The highest BCUT2D eigenvalue weighted by Gasteiger charge is 2.30. The zero-order chi connectivity index (χ0) is 14.0. The van der Waals surface area contributed by atoms with E-state index in [1.165, 1.54) is 11.3 Å². The molecule has 2 unspecified atom stereocenters. The first-order valence-corrected chi connectivity index (χ1v) is 7.67. The van der Waals surface area contributed by atoms with Crippen LogP contribution in [0.5, 0.6) is 0 Å². The molecule has 1 saturated heterocycles. The topological polar surface area (TPSA) is 15.3 Å². The van der Waals surface area contributed by atoms with E-state index in [1.54, 1.807) is 0 Å². The van der Waals surface area contributed by atoms with Crippen LogP contribution in [-0.2, 0) is 0 Å². The Bertz CT molecular complexity index is 411. The van der Waals surface area contributed by atoms with Crippen LogP contribution >= 0.6 is 11.6 Å². The van der Waals surface area contributed by atoms with Crippen LogP contribution in [0.4, 0.5) is 5.69 Å². The number of aryl methyl sites for hydroxylation is 1. The molecule has 1 aromatic rings. The summed E-state index contributed by atoms with van der Waals surface area (Å²) in [5.74, 6) is 0.612. The lowest BCUT2D eigenvalue weighted by atomic mass is 9.96. The number of nitrogens with zero attached hydrogens (tertiary/aromatic N) is 1. The van der Waals surface area contributed by atoms with Crippen LogP contribution < -0.4 is 10.2 Å². The fourth-order valence-electron chi connectivity index (χ4n) is 2.95. The van der Waals surface area contributed by atoms with Crippen molar-refractivity contribution in [2.75, 3.05) is 18.0 Å². The van der Waals surface area contributed by atoms with E-state index in [2.05, 4.69) is 44.0 Å². The number of nitrogens with one attached hydrogen (secondary N) is 1. The highest BCUT2D eigenvalue weighted by molar-refractivity contribution is 6.33. The second-order valence-electron chi connectivity index (χ2n) is 5.88. The smallest absolute Gasteiger partial charge is 0.0642 e. The lowest BCUT2D eigenvalue weighted by molar-refractivity contribution is 0.333. The highest BCUT2D eigenvalue weighted by Crippen LogP contribution is 2.33. The lowest BCUT2D eigenvalue weighted by Crippen LogP contribution is -2.58. The molecule has 0 amide bonds. The minimum atomic E-state index is 0.515. The third-order valence-electron chi connectivity index (χ3n) is 4.17. The number of anilines is 1. The third-order valence-corrected chi connectivity index (χ3v) is 4.48. The van der Waals surface area contributed by atoms with Crippen molar-refractivity contribution in [3.63, 3.8) is 0 Å². The number of rotatable bonds is 3. The van der Waals surface area contributed by atoms with Gasteiger partial charge in [-0.2, -0.15) is 0 Å². The summed E-state index contributed by atoms with van der Waals surface area (Å²) in [5, 5.41) is 4.53. The minimum Gasteiger partial charge on any atom is -0.364 e. The Morgan fingerprint density at radius 2 is 2.16 bits per heavy atom. The van der Waals surface area contributed by atoms with Crippen molar-refractivity contribution < 1.29 is 0 Å². The Labute approximate surface area is 122 Å². The quantitative estimate of drug-likeness (QED) is 0.904. The molecule has 0 aromatic heterocycles. The summed E-state index contributed by atoms with van der Waals surface area (Å²) in [4.78, 5) is 2.52. The Balaban J connectivity index is 2.36. The Kier molecular flexibility index (Phi) is 4.75. The molecule has 1 fully saturated rings. The van der Waals surface area contributed by atoms with Gasteiger partial charge in [0.15, 0.2) is 0 Å². The molecule has 1 aliphatic rings. The molecule has 2 atom stereocenters. The first-order valence-electron chi connectivity index (χ1n) is 7.29. The Hall–Kier alpha value is -0.730. The first-order chi connectivity index (χ1) is 9.04. The Morgan fingerprint density at radius 3 is 2.74 bits per heavy atom. The van der Waals surface area contributed by atoms with Crippen molar-refractivity contribution in [2.24, 2.45) is 5.92 Å². The van der Waals surface area contributed by atoms with E-state index in [0.29, 0.717) is 18.0 Å². The first kappa shape index (κ1) is 14.7. The number of para-hydroxylation sites is 1. The van der Waals surface area contributed by atoms with E-state index in [4.69, 9.17) is 11.6 Å². The van der Waals surface area contributed by atoms with Gasteiger partial charge in [0, 0.05) is 25.2 Å². The fourth-order valence-corrected chi connectivity index (χ4v) is 3.28. The second kappa shape index (κ2) is 6.15. The SMILES string of the molecule is CCC1CN(c2c(C)cccc2Cl)C(C(C)C)CN1. The number of hydrogen-bond acceptors (Lipinski definition) is 2. The summed E-state index contributed by atoms with van der Waals surface area (Å²) in [5.41, 5.74) is 2.50. The molecule has 106 valence electrons. The third kappa shape index (κ3) is 3.06. The molecule has 0 radical (unpaired) electrons. The van der Waals surface area contributed by atoms with Crippen molar-refractivity contribution in [1.29, 1.82) is 0 Å². The van der Waals surface area contributed by atoms with Crippen molar-refractivity contribution >= 4 is 17.3 Å². The number of benzene rings is 1. The average molecular weight is 281 g/mol. The summed E-state index contributed by atoms with van der Waals surface area (Å²) in [6.45, 7) is 11.1. The Morgan fingerprint density at radius 1 is 1.42 bits per heavy atom. The van der Waals surface area contributed by atoms with E-state index in [-0.39, 0.29) is 0 Å². The van der Waals surface area contributed by atoms with Crippen molar-refractivity contribution in [3.8, 4) is 0 Å². The molecule has 2 nitrogen and oxygen atoms in total. The van der Waals surface area contributed by atoms with E-state index in [0.717, 1.165) is 24.5 Å². The standard InChI is InChI=1S/C16H25ClN2/c1-5-13-10-19(15(9-18-13)11(2)3)16-12(4)7-6-8-14(16)17/h6-8,11,13,15,18H,5,9-10H2,1-4H3. The van der Waals surface area contributed by atoms with Gasteiger partial charge in [0.25, 0.3) is 0 Å². The predicted molar refractivity (Wildman–Crippen MR) is 84.2 cm³/mol. The zero-order valence-corrected chi connectivity index (χ0v) is 13.2. The molecule has 1 aliphatic heterocycles. The van der Waals surface area contributed by atoms with Crippen LogP contribution in [0.25, 0.3) is 0 Å². The van der Waals surface area contributed by atoms with Gasteiger partial charge in [0.05, 0.1) is 10.7 Å². The van der Waals surface area contributed by atoms with E-state index < -0.39 is 0 Å². The highest BCUT2D eigenvalue weighted by atomic mass is 35.5. The number of hydrogen-bond donors (Lipinski definition) is 1. The molecule has 0 spiro atoms. The van der Waals surface area contributed by atoms with Crippen LogP contribution in [0.2, 0.25) is 5.02 Å². The van der Waals surface area contributed by atoms with E-state index >= 15 is 0 Å². The van der Waals surface area contributed by atoms with Gasteiger partial charge in [-0.25, -0.2) is 0 Å². The molecule has 1 heterocycles. The monoisotopic (exact) mass is 280 g/mol. The molecule has 2 rings (SSSR count). The van der Waals surface area contributed by atoms with Crippen LogP contribution in [-0.4, -0.2) is 25.2 Å². The maximum absolute atomic E-state index is 6.46. The van der Waals surface area contributed by atoms with Crippen LogP contribution in [0, 0.1) is 12.8 Å². The number of piperazine rings is 1. The summed E-state index contributed by atoms with van der Waals surface area (Å²) < 4.78 is 0. The van der Waals surface area contributed by atoms with Gasteiger partial charge in [-0.05, 0) is 30.9 Å². The molecular weight excluding hydrogens is 256 g/mol. The van der Waals surface area contributed by atoms with Gasteiger partial charge in [0.1, 0.15) is 0 Å². The molecule has 3 heteroatoms. The van der Waals surface area contributed by atoms with Gasteiger partial charge in [-0.3, -0.25) is 0 Å². The maximum atomic E-state index is 6.46. The lowest BCUT2D eigenvalue weighted by Gasteiger charge is -2.44. The summed E-state index contributed by atoms with van der Waals surface area (Å²) in [6.07, 6.45) is 1.16. The normalized spacial score (nSPS) is 24.0.